The number of rotatable bonds is 11. The van der Waals surface area contributed by atoms with Crippen LogP contribution in [-0.2, 0) is 6.61 Å². The Balaban J connectivity index is 0.00000143. The first kappa shape index (κ1) is 44.0. The number of carbonyl (C=O) groups excluding carboxylic acids is 1. The van der Waals surface area contributed by atoms with Crippen molar-refractivity contribution in [2.75, 3.05) is 31.6 Å². The van der Waals surface area contributed by atoms with Crippen molar-refractivity contribution in [2.45, 2.75) is 100 Å². The van der Waals surface area contributed by atoms with Crippen LogP contribution in [0.5, 0.6) is 5.88 Å². The van der Waals surface area contributed by atoms with Gasteiger partial charge in [0.05, 0.1) is 6.04 Å². The van der Waals surface area contributed by atoms with Crippen LogP contribution in [0.1, 0.15) is 108 Å². The number of ether oxygens (including phenoxy) is 1. The maximum Gasteiger partial charge on any atom is 0.213 e. The third kappa shape index (κ3) is 13.4. The molecule has 8 heteroatoms. The molecule has 1 unspecified atom stereocenters. The van der Waals surface area contributed by atoms with E-state index in [1.165, 1.54) is 6.07 Å². The maximum atomic E-state index is 14.1. The van der Waals surface area contributed by atoms with Gasteiger partial charge < -0.3 is 9.64 Å². The molecule has 2 heterocycles. The van der Waals surface area contributed by atoms with E-state index in [9.17, 15) is 9.18 Å². The molecule has 1 saturated heterocycles. The van der Waals surface area contributed by atoms with Crippen LogP contribution in [0.2, 0.25) is 5.02 Å². The van der Waals surface area contributed by atoms with Crippen molar-refractivity contribution in [3.05, 3.63) is 100 Å². The van der Waals surface area contributed by atoms with Crippen molar-refractivity contribution in [3.8, 4) is 18.2 Å². The van der Waals surface area contributed by atoms with Gasteiger partial charge in [0.15, 0.2) is 5.78 Å². The quantitative estimate of drug-likeness (QED) is 0.113. The zero-order valence-corrected chi connectivity index (χ0v) is 32.7. The number of benzene rings is 2. The van der Waals surface area contributed by atoms with Crippen LogP contribution < -0.4 is 9.64 Å². The molecule has 6 nitrogen and oxygen atoms in total. The number of ketones is 1. The summed E-state index contributed by atoms with van der Waals surface area (Å²) in [4.78, 5) is 26.0. The van der Waals surface area contributed by atoms with Gasteiger partial charge in [0, 0.05) is 70.9 Å². The normalized spacial score (nSPS) is 13.5. The Bertz CT molecular complexity index is 1570. The lowest BCUT2D eigenvalue weighted by Gasteiger charge is -2.38. The Labute approximate surface area is 306 Å². The number of aromatic nitrogens is 1. The van der Waals surface area contributed by atoms with Gasteiger partial charge in [0.25, 0.3) is 0 Å². The lowest BCUT2D eigenvalue weighted by Crippen LogP contribution is -2.43. The van der Waals surface area contributed by atoms with Gasteiger partial charge in [0.2, 0.25) is 5.88 Å². The first-order chi connectivity index (χ1) is 24.0. The number of halogens is 2. The third-order valence-electron chi connectivity index (χ3n) is 8.31. The number of nitrogens with zero attached hydrogens (tertiary/aromatic N) is 4. The summed E-state index contributed by atoms with van der Waals surface area (Å²) >= 11 is 5.86. The molecule has 0 bridgehead atoms. The number of likely N-dealkylation sites (tertiary alicyclic amines) is 1. The number of Topliss-reactive ketones (excluding diaryl/α,β-unsaturated/α-hetero) is 1. The topological polar surface area (TPSA) is 58.0 Å². The summed E-state index contributed by atoms with van der Waals surface area (Å²) in [5, 5.41) is 0.357. The van der Waals surface area contributed by atoms with Crippen LogP contribution in [0.25, 0.3) is 0 Å². The van der Waals surface area contributed by atoms with Crippen molar-refractivity contribution >= 4 is 28.8 Å². The van der Waals surface area contributed by atoms with Gasteiger partial charge in [-0.3, -0.25) is 14.7 Å². The Hall–Kier alpha value is -3.99. The fraction of sp³-hybridized carbons (Fsp3) is 0.452. The van der Waals surface area contributed by atoms with Crippen molar-refractivity contribution < 1.29 is 13.9 Å². The monoisotopic (exact) mass is 704 g/mol. The van der Waals surface area contributed by atoms with Gasteiger partial charge in [-0.2, -0.15) is 0 Å². The summed E-state index contributed by atoms with van der Waals surface area (Å²) < 4.78 is 20.0. The van der Waals surface area contributed by atoms with Crippen LogP contribution in [-0.4, -0.2) is 54.1 Å². The molecule has 3 aromatic rings. The molecule has 1 aliphatic rings. The Kier molecular flexibility index (Phi) is 20.6. The van der Waals surface area contributed by atoms with Crippen LogP contribution in [0.15, 0.2) is 71.9 Å². The second-order valence-corrected chi connectivity index (χ2v) is 12.0. The molecular formula is C42H58ClFN4O2. The first-order valence-electron chi connectivity index (χ1n) is 17.7. The standard InChI is InChI=1S/C34H40ClFN4O2.C4H6.2C2H6/c1-22-10-11-28(26(5)41)18-33(22)40(25(4)24(3)37-6)23(2)20-39-16-14-27(15-17-39)32-8-7-9-34(38-32)42-21-29-12-13-30(35)19-31(29)36;1-3-4-2;2*1-2/h7-13,18-19,25,27H,2,14-17,20-21H2,1,3-6H3;1H,4H2,2H3;2*1-2H3. The summed E-state index contributed by atoms with van der Waals surface area (Å²) in [6, 6.07) is 16.2. The fourth-order valence-corrected chi connectivity index (χ4v) is 5.52. The number of carbonyl (C=O) groups is 1. The largest absolute Gasteiger partial charge is 0.473 e. The lowest BCUT2D eigenvalue weighted by molar-refractivity contribution is 0.101. The molecule has 0 aliphatic carbocycles. The fourth-order valence-electron chi connectivity index (χ4n) is 5.36. The highest BCUT2D eigenvalue weighted by molar-refractivity contribution is 6.30. The maximum absolute atomic E-state index is 14.1. The zero-order valence-electron chi connectivity index (χ0n) is 31.9. The van der Waals surface area contributed by atoms with E-state index in [4.69, 9.17) is 27.7 Å². The minimum atomic E-state index is -0.389. The summed E-state index contributed by atoms with van der Waals surface area (Å²) in [5.74, 6) is 2.87. The molecule has 0 amide bonds. The SMILES string of the molecule is C#CCC.C=C(CN1CCC(c2cccc(OCc3ccc(Cl)cc3F)n2)CC1)N(c1cc(C(C)=O)ccc1C)C(C)C(C)=NC.CC.CC. The summed E-state index contributed by atoms with van der Waals surface area (Å²) in [7, 11) is 1.81. The highest BCUT2D eigenvalue weighted by atomic mass is 35.5. The molecule has 1 aliphatic heterocycles. The molecule has 1 atom stereocenters. The van der Waals surface area contributed by atoms with E-state index < -0.39 is 0 Å². The minimum Gasteiger partial charge on any atom is -0.473 e. The summed E-state index contributed by atoms with van der Waals surface area (Å²) in [6.07, 6.45) is 7.54. The Morgan fingerprint density at radius 2 is 1.78 bits per heavy atom. The summed E-state index contributed by atoms with van der Waals surface area (Å²) in [6.45, 7) is 24.9. The van der Waals surface area contributed by atoms with Gasteiger partial charge in [-0.1, -0.05) is 77.1 Å². The molecule has 0 radical (unpaired) electrons. The van der Waals surface area contributed by atoms with E-state index in [0.717, 1.165) is 60.7 Å². The second-order valence-electron chi connectivity index (χ2n) is 11.6. The van der Waals surface area contributed by atoms with Crippen LogP contribution in [0.3, 0.4) is 0 Å². The number of pyridine rings is 1. The second kappa shape index (κ2) is 23.4. The lowest BCUT2D eigenvalue weighted by atomic mass is 9.93. The summed E-state index contributed by atoms with van der Waals surface area (Å²) in [5.41, 5.74) is 6.14. The number of terminal acetylenes is 1. The van der Waals surface area contributed by atoms with E-state index in [-0.39, 0.29) is 24.2 Å². The smallest absolute Gasteiger partial charge is 0.213 e. The molecule has 1 fully saturated rings. The van der Waals surface area contributed by atoms with Gasteiger partial charge in [0.1, 0.15) is 12.4 Å². The van der Waals surface area contributed by atoms with Crippen molar-refractivity contribution in [3.63, 3.8) is 0 Å². The first-order valence-corrected chi connectivity index (χ1v) is 18.1. The predicted octanol–water partition coefficient (Wildman–Crippen LogP) is 10.7. The molecule has 0 saturated carbocycles. The zero-order chi connectivity index (χ0) is 37.8. The molecule has 50 heavy (non-hydrogen) atoms. The van der Waals surface area contributed by atoms with Crippen LogP contribution in [0, 0.1) is 25.1 Å². The highest BCUT2D eigenvalue weighted by Crippen LogP contribution is 2.31. The Morgan fingerprint density at radius 3 is 2.34 bits per heavy atom. The van der Waals surface area contributed by atoms with Gasteiger partial charge >= 0.3 is 0 Å². The number of hydrogen-bond acceptors (Lipinski definition) is 6. The van der Waals surface area contributed by atoms with Crippen LogP contribution >= 0.6 is 11.6 Å². The van der Waals surface area contributed by atoms with E-state index in [0.29, 0.717) is 34.5 Å². The van der Waals surface area contributed by atoms with Gasteiger partial charge in [-0.15, -0.1) is 12.3 Å². The molecule has 1 aromatic heterocycles. The van der Waals surface area contributed by atoms with Crippen molar-refractivity contribution in [1.82, 2.24) is 9.88 Å². The van der Waals surface area contributed by atoms with E-state index in [2.05, 4.69) is 41.1 Å². The van der Waals surface area contributed by atoms with Crippen molar-refractivity contribution in [1.29, 1.82) is 0 Å². The number of aryl methyl sites for hydroxylation is 1. The molecule has 2 aromatic carbocycles. The minimum absolute atomic E-state index is 0.00534. The number of anilines is 1. The van der Waals surface area contributed by atoms with Gasteiger partial charge in [-0.25, -0.2) is 9.37 Å². The van der Waals surface area contributed by atoms with E-state index in [1.54, 1.807) is 32.2 Å². The molecular weight excluding hydrogens is 647 g/mol. The van der Waals surface area contributed by atoms with Crippen molar-refractivity contribution in [2.24, 2.45) is 4.99 Å². The molecule has 0 spiro atoms. The molecule has 4 rings (SSSR count). The van der Waals surface area contributed by atoms with E-state index in [1.807, 2.05) is 71.9 Å². The average Bonchev–Trinajstić information content (AvgIpc) is 3.13. The molecule has 0 N–H and O–H groups in total. The average molecular weight is 705 g/mol. The highest BCUT2D eigenvalue weighted by Gasteiger charge is 2.27. The van der Waals surface area contributed by atoms with Crippen LogP contribution in [0.4, 0.5) is 10.1 Å². The number of aliphatic imine (C=N–C) groups is 1. The predicted molar refractivity (Wildman–Crippen MR) is 212 cm³/mol. The molecule has 272 valence electrons. The van der Waals surface area contributed by atoms with E-state index >= 15 is 0 Å². The Morgan fingerprint density at radius 1 is 1.14 bits per heavy atom. The van der Waals surface area contributed by atoms with Gasteiger partial charge in [-0.05, 0) is 83.5 Å². The number of piperidine rings is 1. The number of hydrogen-bond donors (Lipinski definition) is 0. The third-order valence-corrected chi connectivity index (χ3v) is 8.55.